The first-order valence-corrected chi connectivity index (χ1v) is 6.85. The lowest BCUT2D eigenvalue weighted by atomic mass is 10.2. The van der Waals surface area contributed by atoms with Crippen molar-refractivity contribution in [3.05, 3.63) is 11.1 Å². The highest BCUT2D eigenvalue weighted by Gasteiger charge is 2.14. The molecule has 0 radical (unpaired) electrons. The number of anilines is 1. The van der Waals surface area contributed by atoms with Crippen molar-refractivity contribution >= 4 is 16.5 Å². The maximum Gasteiger partial charge on any atom is 0.185 e. The first kappa shape index (κ1) is 10.9. The quantitative estimate of drug-likeness (QED) is 0.762. The Kier molecular flexibility index (Phi) is 3.62. The molecular formula is C12H20N2S. The van der Waals surface area contributed by atoms with Crippen molar-refractivity contribution < 1.29 is 0 Å². The van der Waals surface area contributed by atoms with Gasteiger partial charge in [0.1, 0.15) is 0 Å². The van der Waals surface area contributed by atoms with E-state index in [-0.39, 0.29) is 0 Å². The van der Waals surface area contributed by atoms with Crippen LogP contribution in [0.5, 0.6) is 0 Å². The fraction of sp³-hybridized carbons (Fsp3) is 0.750. The lowest BCUT2D eigenvalue weighted by molar-refractivity contribution is 0.726. The number of hydrogen-bond donors (Lipinski definition) is 0. The first-order chi connectivity index (χ1) is 7.27. The third kappa shape index (κ3) is 2.71. The monoisotopic (exact) mass is 224 g/mol. The summed E-state index contributed by atoms with van der Waals surface area (Å²) < 4.78 is 0. The van der Waals surface area contributed by atoms with Crippen molar-refractivity contribution in [2.24, 2.45) is 0 Å². The van der Waals surface area contributed by atoms with Gasteiger partial charge in [-0.15, -0.1) is 11.3 Å². The van der Waals surface area contributed by atoms with E-state index in [1.807, 2.05) is 11.3 Å². The molecule has 0 amide bonds. The van der Waals surface area contributed by atoms with Crippen LogP contribution in [0.1, 0.15) is 51.1 Å². The molecule has 0 aliphatic carbocycles. The predicted molar refractivity (Wildman–Crippen MR) is 66.9 cm³/mol. The summed E-state index contributed by atoms with van der Waals surface area (Å²) in [4.78, 5) is 7.18. The topological polar surface area (TPSA) is 16.1 Å². The molecule has 0 bridgehead atoms. The number of hydrogen-bond acceptors (Lipinski definition) is 3. The first-order valence-electron chi connectivity index (χ1n) is 5.98. The molecule has 2 rings (SSSR count). The summed E-state index contributed by atoms with van der Waals surface area (Å²) in [6.45, 7) is 6.82. The average molecular weight is 224 g/mol. The van der Waals surface area contributed by atoms with E-state index in [9.17, 15) is 0 Å². The van der Waals surface area contributed by atoms with Crippen molar-refractivity contribution in [2.45, 2.75) is 45.4 Å². The summed E-state index contributed by atoms with van der Waals surface area (Å²) in [5.74, 6) is 0.557. The van der Waals surface area contributed by atoms with Gasteiger partial charge in [-0.1, -0.05) is 26.7 Å². The van der Waals surface area contributed by atoms with Gasteiger partial charge in [0.05, 0.1) is 5.69 Å². The van der Waals surface area contributed by atoms with Gasteiger partial charge in [-0.25, -0.2) is 4.98 Å². The Morgan fingerprint density at radius 3 is 2.40 bits per heavy atom. The van der Waals surface area contributed by atoms with Crippen LogP contribution in [0.4, 0.5) is 5.13 Å². The van der Waals surface area contributed by atoms with Gasteiger partial charge in [0.15, 0.2) is 5.13 Å². The summed E-state index contributed by atoms with van der Waals surface area (Å²) in [5, 5.41) is 3.45. The van der Waals surface area contributed by atoms with Gasteiger partial charge >= 0.3 is 0 Å². The Balaban J connectivity index is 2.06. The molecule has 0 spiro atoms. The third-order valence-electron chi connectivity index (χ3n) is 2.98. The van der Waals surface area contributed by atoms with Crippen LogP contribution in [-0.4, -0.2) is 18.1 Å². The minimum absolute atomic E-state index is 0.557. The van der Waals surface area contributed by atoms with Crippen LogP contribution in [0.15, 0.2) is 5.38 Å². The van der Waals surface area contributed by atoms with E-state index in [2.05, 4.69) is 24.1 Å². The number of rotatable bonds is 2. The van der Waals surface area contributed by atoms with Gasteiger partial charge in [0.25, 0.3) is 0 Å². The molecule has 1 aromatic heterocycles. The van der Waals surface area contributed by atoms with Gasteiger partial charge < -0.3 is 4.90 Å². The van der Waals surface area contributed by atoms with Crippen molar-refractivity contribution in [1.29, 1.82) is 0 Å². The minimum Gasteiger partial charge on any atom is -0.348 e. The Bertz CT molecular complexity index is 298. The van der Waals surface area contributed by atoms with E-state index in [4.69, 9.17) is 4.98 Å². The zero-order valence-corrected chi connectivity index (χ0v) is 10.5. The summed E-state index contributed by atoms with van der Waals surface area (Å²) in [6.07, 6.45) is 5.44. The molecule has 1 fully saturated rings. The lowest BCUT2D eigenvalue weighted by Gasteiger charge is -2.18. The molecule has 0 aromatic carbocycles. The smallest absolute Gasteiger partial charge is 0.185 e. The van der Waals surface area contributed by atoms with Crippen molar-refractivity contribution in [3.8, 4) is 0 Å². The van der Waals surface area contributed by atoms with E-state index in [0.717, 1.165) is 0 Å². The van der Waals surface area contributed by atoms with Crippen molar-refractivity contribution in [2.75, 3.05) is 18.0 Å². The fourth-order valence-electron chi connectivity index (χ4n) is 1.95. The van der Waals surface area contributed by atoms with E-state index >= 15 is 0 Å². The molecule has 2 heterocycles. The van der Waals surface area contributed by atoms with Crippen LogP contribution in [0, 0.1) is 0 Å². The van der Waals surface area contributed by atoms with Crippen LogP contribution < -0.4 is 4.90 Å². The molecule has 0 unspecified atom stereocenters. The molecule has 1 saturated heterocycles. The fourth-order valence-corrected chi connectivity index (χ4v) is 2.99. The largest absolute Gasteiger partial charge is 0.348 e. The van der Waals surface area contributed by atoms with E-state index in [1.54, 1.807) is 0 Å². The lowest BCUT2D eigenvalue weighted by Crippen LogP contribution is -2.23. The molecular weight excluding hydrogens is 204 g/mol. The van der Waals surface area contributed by atoms with Crippen LogP contribution in [-0.2, 0) is 0 Å². The molecule has 1 aliphatic heterocycles. The van der Waals surface area contributed by atoms with Gasteiger partial charge in [-0.05, 0) is 18.8 Å². The number of aromatic nitrogens is 1. The Morgan fingerprint density at radius 2 is 1.87 bits per heavy atom. The van der Waals surface area contributed by atoms with Gasteiger partial charge in [-0.2, -0.15) is 0 Å². The summed E-state index contributed by atoms with van der Waals surface area (Å²) in [7, 11) is 0. The van der Waals surface area contributed by atoms with Gasteiger partial charge in [0, 0.05) is 18.5 Å². The minimum atomic E-state index is 0.557. The third-order valence-corrected chi connectivity index (χ3v) is 3.90. The van der Waals surface area contributed by atoms with Crippen LogP contribution in [0.3, 0.4) is 0 Å². The second-order valence-corrected chi connectivity index (χ2v) is 5.45. The van der Waals surface area contributed by atoms with Gasteiger partial charge in [0.2, 0.25) is 0 Å². The highest BCUT2D eigenvalue weighted by atomic mass is 32.1. The summed E-state index contributed by atoms with van der Waals surface area (Å²) in [6, 6.07) is 0. The molecule has 1 aromatic rings. The highest BCUT2D eigenvalue weighted by Crippen LogP contribution is 2.26. The molecule has 1 aliphatic rings. The molecule has 0 atom stereocenters. The highest BCUT2D eigenvalue weighted by molar-refractivity contribution is 7.13. The predicted octanol–water partition coefficient (Wildman–Crippen LogP) is 3.65. The molecule has 0 N–H and O–H groups in total. The Morgan fingerprint density at radius 1 is 1.20 bits per heavy atom. The molecule has 3 heteroatoms. The SMILES string of the molecule is CC(C)c1csc(N2CCCCCC2)n1. The number of thiazole rings is 1. The zero-order chi connectivity index (χ0) is 10.7. The van der Waals surface area contributed by atoms with Gasteiger partial charge in [-0.3, -0.25) is 0 Å². The van der Waals surface area contributed by atoms with Crippen LogP contribution >= 0.6 is 11.3 Å². The summed E-state index contributed by atoms with van der Waals surface area (Å²) in [5.41, 5.74) is 1.25. The molecule has 15 heavy (non-hydrogen) atoms. The average Bonchev–Trinajstić information content (AvgIpc) is 2.55. The number of nitrogens with zero attached hydrogens (tertiary/aromatic N) is 2. The zero-order valence-electron chi connectivity index (χ0n) is 9.70. The molecule has 84 valence electrons. The second-order valence-electron chi connectivity index (χ2n) is 4.61. The normalized spacial score (nSPS) is 18.2. The standard InChI is InChI=1S/C12H20N2S/c1-10(2)11-9-15-12(13-11)14-7-5-3-4-6-8-14/h9-10H,3-8H2,1-2H3. The van der Waals surface area contributed by atoms with E-state index in [0.29, 0.717) is 5.92 Å². The van der Waals surface area contributed by atoms with E-state index < -0.39 is 0 Å². The van der Waals surface area contributed by atoms with Crippen LogP contribution in [0.25, 0.3) is 0 Å². The summed E-state index contributed by atoms with van der Waals surface area (Å²) >= 11 is 1.81. The Labute approximate surface area is 96.3 Å². The maximum absolute atomic E-state index is 4.72. The van der Waals surface area contributed by atoms with Crippen molar-refractivity contribution in [1.82, 2.24) is 4.98 Å². The maximum atomic E-state index is 4.72. The van der Waals surface area contributed by atoms with Crippen molar-refractivity contribution in [3.63, 3.8) is 0 Å². The van der Waals surface area contributed by atoms with E-state index in [1.165, 1.54) is 49.6 Å². The Hall–Kier alpha value is -0.570. The molecule has 0 saturated carbocycles. The van der Waals surface area contributed by atoms with Crippen LogP contribution in [0.2, 0.25) is 0 Å². The second kappa shape index (κ2) is 4.97. The molecule has 2 nitrogen and oxygen atoms in total.